The lowest BCUT2D eigenvalue weighted by Crippen LogP contribution is -2.21. The second-order valence-electron chi connectivity index (χ2n) is 4.00. The van der Waals surface area contributed by atoms with Gasteiger partial charge in [-0.3, -0.25) is 14.6 Å². The van der Waals surface area contributed by atoms with Gasteiger partial charge in [0.25, 0.3) is 5.56 Å². The highest BCUT2D eigenvalue weighted by molar-refractivity contribution is 5.51. The molecule has 4 heteroatoms. The molecule has 0 radical (unpaired) electrons. The Kier molecular flexibility index (Phi) is 1.71. The van der Waals surface area contributed by atoms with Crippen LogP contribution in [0.2, 0.25) is 0 Å². The molecule has 13 heavy (non-hydrogen) atoms. The van der Waals surface area contributed by atoms with Crippen LogP contribution in [0.15, 0.2) is 4.79 Å². The van der Waals surface area contributed by atoms with Crippen molar-refractivity contribution < 1.29 is 0 Å². The monoisotopic (exact) mass is 181 g/mol. The van der Waals surface area contributed by atoms with Crippen LogP contribution < -0.4 is 10.9 Å². The molecular formula is C9H15N3O. The first-order valence-electron chi connectivity index (χ1n) is 4.64. The lowest BCUT2D eigenvalue weighted by atomic mass is 9.92. The molecule has 0 spiro atoms. The summed E-state index contributed by atoms with van der Waals surface area (Å²) < 4.78 is 1.53. The Morgan fingerprint density at radius 3 is 2.85 bits per heavy atom. The van der Waals surface area contributed by atoms with Crippen molar-refractivity contribution in [2.45, 2.75) is 19.8 Å². The highest BCUT2D eigenvalue weighted by Gasteiger charge is 2.30. The molecule has 0 aliphatic carbocycles. The molecule has 1 aromatic heterocycles. The van der Waals surface area contributed by atoms with Gasteiger partial charge in [0.1, 0.15) is 5.82 Å². The molecule has 72 valence electrons. The quantitative estimate of drug-likeness (QED) is 0.675. The largest absolute Gasteiger partial charge is 0.370 e. The molecule has 2 heterocycles. The summed E-state index contributed by atoms with van der Waals surface area (Å²) in [4.78, 5) is 11.7. The molecule has 1 unspecified atom stereocenters. The zero-order chi connectivity index (χ0) is 9.59. The number of hydrogen-bond donors (Lipinski definition) is 2. The minimum Gasteiger partial charge on any atom is -0.370 e. The zero-order valence-electron chi connectivity index (χ0n) is 8.22. The predicted molar refractivity (Wildman–Crippen MR) is 52.1 cm³/mol. The molecule has 1 aliphatic heterocycles. The minimum absolute atomic E-state index is 0.110. The van der Waals surface area contributed by atoms with Gasteiger partial charge in [-0.25, -0.2) is 0 Å². The number of rotatable bonds is 1. The molecule has 0 saturated heterocycles. The molecule has 1 aliphatic rings. The van der Waals surface area contributed by atoms with Gasteiger partial charge < -0.3 is 5.32 Å². The molecule has 1 atom stereocenters. The number of H-pyrrole nitrogens is 1. The van der Waals surface area contributed by atoms with Crippen molar-refractivity contribution in [2.75, 3.05) is 11.9 Å². The number of anilines is 1. The van der Waals surface area contributed by atoms with Crippen LogP contribution in [-0.2, 0) is 7.05 Å². The van der Waals surface area contributed by atoms with Crippen LogP contribution >= 0.6 is 0 Å². The van der Waals surface area contributed by atoms with Crippen LogP contribution in [-0.4, -0.2) is 16.3 Å². The van der Waals surface area contributed by atoms with Gasteiger partial charge in [-0.2, -0.15) is 0 Å². The highest BCUT2D eigenvalue weighted by atomic mass is 16.1. The number of aryl methyl sites for hydroxylation is 1. The van der Waals surface area contributed by atoms with E-state index < -0.39 is 0 Å². The number of hydrogen-bond acceptors (Lipinski definition) is 2. The van der Waals surface area contributed by atoms with Crippen LogP contribution in [0.3, 0.4) is 0 Å². The van der Waals surface area contributed by atoms with Crippen molar-refractivity contribution in [3.8, 4) is 0 Å². The fourth-order valence-electron chi connectivity index (χ4n) is 1.93. The van der Waals surface area contributed by atoms with Gasteiger partial charge in [0, 0.05) is 19.5 Å². The Bertz CT molecular complexity index is 375. The van der Waals surface area contributed by atoms with E-state index in [9.17, 15) is 4.79 Å². The van der Waals surface area contributed by atoms with Gasteiger partial charge in [-0.15, -0.1) is 0 Å². The molecule has 0 aromatic carbocycles. The van der Waals surface area contributed by atoms with E-state index in [4.69, 9.17) is 0 Å². The summed E-state index contributed by atoms with van der Waals surface area (Å²) in [7, 11) is 1.75. The standard InChI is InChI=1S/C9H15N3O/c1-5(2)6-4-10-8-7(6)9(13)12(3)11-8/h5-6,10-11H,4H2,1-3H3. The van der Waals surface area contributed by atoms with Crippen LogP contribution in [0.5, 0.6) is 0 Å². The highest BCUT2D eigenvalue weighted by Crippen LogP contribution is 2.32. The maximum Gasteiger partial charge on any atom is 0.271 e. The second-order valence-corrected chi connectivity index (χ2v) is 4.00. The maximum atomic E-state index is 11.7. The molecule has 0 saturated carbocycles. The lowest BCUT2D eigenvalue weighted by Gasteiger charge is -2.11. The van der Waals surface area contributed by atoms with Crippen molar-refractivity contribution in [3.05, 3.63) is 15.9 Å². The SMILES string of the molecule is CC(C)C1CNc2[nH]n(C)c(=O)c21. The van der Waals surface area contributed by atoms with Gasteiger partial charge in [0.05, 0.1) is 5.56 Å². The van der Waals surface area contributed by atoms with E-state index in [-0.39, 0.29) is 5.56 Å². The van der Waals surface area contributed by atoms with E-state index >= 15 is 0 Å². The Hall–Kier alpha value is -1.19. The van der Waals surface area contributed by atoms with Crippen LogP contribution in [0.1, 0.15) is 25.3 Å². The van der Waals surface area contributed by atoms with Gasteiger partial charge in [0.2, 0.25) is 0 Å². The van der Waals surface area contributed by atoms with Crippen molar-refractivity contribution in [1.29, 1.82) is 0 Å². The summed E-state index contributed by atoms with van der Waals surface area (Å²) in [5.74, 6) is 1.78. The number of aromatic nitrogens is 2. The summed E-state index contributed by atoms with van der Waals surface area (Å²) in [6.07, 6.45) is 0. The summed E-state index contributed by atoms with van der Waals surface area (Å²) in [5, 5.41) is 6.22. The van der Waals surface area contributed by atoms with Crippen LogP contribution in [0.25, 0.3) is 0 Å². The van der Waals surface area contributed by atoms with E-state index in [2.05, 4.69) is 24.3 Å². The summed E-state index contributed by atoms with van der Waals surface area (Å²) in [6.45, 7) is 5.18. The number of nitrogens with zero attached hydrogens (tertiary/aromatic N) is 1. The predicted octanol–water partition coefficient (Wildman–Crippen LogP) is 0.879. The van der Waals surface area contributed by atoms with E-state index in [0.717, 1.165) is 17.9 Å². The van der Waals surface area contributed by atoms with E-state index in [0.29, 0.717) is 11.8 Å². The third-order valence-electron chi connectivity index (χ3n) is 2.76. The second kappa shape index (κ2) is 2.65. The van der Waals surface area contributed by atoms with Crippen LogP contribution in [0.4, 0.5) is 5.82 Å². The molecule has 0 bridgehead atoms. The van der Waals surface area contributed by atoms with Crippen molar-refractivity contribution >= 4 is 5.82 Å². The fourth-order valence-corrected chi connectivity index (χ4v) is 1.93. The van der Waals surface area contributed by atoms with Crippen molar-refractivity contribution in [1.82, 2.24) is 9.78 Å². The Balaban J connectivity index is 2.52. The third-order valence-corrected chi connectivity index (χ3v) is 2.76. The first-order valence-corrected chi connectivity index (χ1v) is 4.64. The smallest absolute Gasteiger partial charge is 0.271 e. The average molecular weight is 181 g/mol. The third kappa shape index (κ3) is 1.08. The van der Waals surface area contributed by atoms with Crippen molar-refractivity contribution in [3.63, 3.8) is 0 Å². The topological polar surface area (TPSA) is 49.8 Å². The number of nitrogens with one attached hydrogen (secondary N) is 2. The van der Waals surface area contributed by atoms with Gasteiger partial charge in [0.15, 0.2) is 0 Å². The molecule has 0 fully saturated rings. The Morgan fingerprint density at radius 1 is 1.54 bits per heavy atom. The van der Waals surface area contributed by atoms with E-state index in [1.165, 1.54) is 4.68 Å². The Morgan fingerprint density at radius 2 is 2.23 bits per heavy atom. The summed E-state index contributed by atoms with van der Waals surface area (Å²) >= 11 is 0. The van der Waals surface area contributed by atoms with Gasteiger partial charge in [-0.05, 0) is 5.92 Å². The summed E-state index contributed by atoms with van der Waals surface area (Å²) in [6, 6.07) is 0. The average Bonchev–Trinajstić information content (AvgIpc) is 2.55. The van der Waals surface area contributed by atoms with Crippen molar-refractivity contribution in [2.24, 2.45) is 13.0 Å². The summed E-state index contributed by atoms with van der Waals surface area (Å²) in [5.41, 5.74) is 1.04. The van der Waals surface area contributed by atoms with Gasteiger partial charge >= 0.3 is 0 Å². The minimum atomic E-state index is 0.110. The molecule has 2 N–H and O–H groups in total. The van der Waals surface area contributed by atoms with E-state index in [1.54, 1.807) is 7.05 Å². The van der Waals surface area contributed by atoms with E-state index in [1.807, 2.05) is 0 Å². The Labute approximate surface area is 76.9 Å². The molecular weight excluding hydrogens is 166 g/mol. The fraction of sp³-hybridized carbons (Fsp3) is 0.667. The van der Waals surface area contributed by atoms with Gasteiger partial charge in [-0.1, -0.05) is 13.8 Å². The molecule has 4 nitrogen and oxygen atoms in total. The number of aromatic amines is 1. The first kappa shape index (κ1) is 8.41. The normalized spacial score (nSPS) is 20.5. The molecule has 0 amide bonds. The number of fused-ring (bicyclic) bond motifs is 1. The maximum absolute atomic E-state index is 11.7. The van der Waals surface area contributed by atoms with Crippen LogP contribution in [0, 0.1) is 5.92 Å². The zero-order valence-corrected chi connectivity index (χ0v) is 8.22. The first-order chi connectivity index (χ1) is 6.11. The molecule has 2 rings (SSSR count). The molecule has 1 aromatic rings. The lowest BCUT2D eigenvalue weighted by molar-refractivity contribution is 0.526.